The van der Waals surface area contributed by atoms with Crippen LogP contribution in [0.4, 0.5) is 5.69 Å². The van der Waals surface area contributed by atoms with Crippen LogP contribution in [0, 0.1) is 0 Å². The predicted molar refractivity (Wildman–Crippen MR) is 63.6 cm³/mol. The summed E-state index contributed by atoms with van der Waals surface area (Å²) in [5, 5.41) is 5.26. The summed E-state index contributed by atoms with van der Waals surface area (Å²) in [7, 11) is 0. The van der Waals surface area contributed by atoms with Crippen LogP contribution in [0.3, 0.4) is 0 Å². The molecule has 3 heteroatoms. The molecular formula is C11H6ClNS. The topological polar surface area (TPSA) is 12.4 Å². The largest absolute Gasteiger partial charge is 0.195 e. The number of fused-ring (bicyclic) bond motifs is 1. The number of hydrogen-bond acceptors (Lipinski definition) is 2. The third-order valence-electron chi connectivity index (χ3n) is 1.96. The summed E-state index contributed by atoms with van der Waals surface area (Å²) in [5.74, 6) is 0. The van der Waals surface area contributed by atoms with E-state index < -0.39 is 0 Å². The number of benzene rings is 2. The summed E-state index contributed by atoms with van der Waals surface area (Å²) < 4.78 is 0. The fourth-order valence-electron chi connectivity index (χ4n) is 1.33. The lowest BCUT2D eigenvalue weighted by Gasteiger charge is -1.98. The van der Waals surface area contributed by atoms with E-state index in [9.17, 15) is 0 Å². The number of rotatable bonds is 1. The molecule has 2 rings (SSSR count). The third-order valence-corrected chi connectivity index (χ3v) is 2.29. The van der Waals surface area contributed by atoms with Crippen LogP contribution in [-0.2, 0) is 0 Å². The van der Waals surface area contributed by atoms with Crippen LogP contribution in [0.2, 0.25) is 5.02 Å². The van der Waals surface area contributed by atoms with Crippen molar-refractivity contribution < 1.29 is 0 Å². The second kappa shape index (κ2) is 3.89. The molecule has 0 amide bonds. The highest BCUT2D eigenvalue weighted by Crippen LogP contribution is 2.23. The van der Waals surface area contributed by atoms with Crippen LogP contribution in [0.25, 0.3) is 10.8 Å². The number of nitrogens with zero attached hydrogens (tertiary/aromatic N) is 1. The third kappa shape index (κ3) is 1.83. The fourth-order valence-corrected chi connectivity index (χ4v) is 1.61. The maximum absolute atomic E-state index is 5.88. The van der Waals surface area contributed by atoms with Crippen LogP contribution in [0.1, 0.15) is 0 Å². The summed E-state index contributed by atoms with van der Waals surface area (Å²) in [6.07, 6.45) is 0. The molecule has 0 aromatic heterocycles. The quantitative estimate of drug-likeness (QED) is 0.517. The standard InChI is InChI=1S/C11H6ClNS/c12-10-3-1-8-2-4-11(13-7-14)6-9(8)5-10/h1-6H. The van der Waals surface area contributed by atoms with E-state index in [1.807, 2.05) is 36.4 Å². The van der Waals surface area contributed by atoms with Crippen molar-refractivity contribution in [3.63, 3.8) is 0 Å². The Morgan fingerprint density at radius 3 is 2.64 bits per heavy atom. The smallest absolute Gasteiger partial charge is 0.0745 e. The first-order valence-corrected chi connectivity index (χ1v) is 4.85. The first kappa shape index (κ1) is 9.35. The minimum atomic E-state index is 0.723. The Bertz CT molecular complexity index is 530. The van der Waals surface area contributed by atoms with Gasteiger partial charge in [0.15, 0.2) is 0 Å². The van der Waals surface area contributed by atoms with Gasteiger partial charge in [0, 0.05) is 5.02 Å². The van der Waals surface area contributed by atoms with Crippen molar-refractivity contribution in [2.45, 2.75) is 0 Å². The molecule has 0 aliphatic carbocycles. The second-order valence-corrected chi connectivity index (χ2v) is 3.50. The van der Waals surface area contributed by atoms with Crippen molar-refractivity contribution >= 4 is 45.4 Å². The zero-order valence-electron chi connectivity index (χ0n) is 7.20. The van der Waals surface area contributed by atoms with Gasteiger partial charge in [0.2, 0.25) is 0 Å². The maximum atomic E-state index is 5.88. The van der Waals surface area contributed by atoms with Crippen molar-refractivity contribution in [3.05, 3.63) is 41.4 Å². The molecule has 0 saturated carbocycles. The minimum absolute atomic E-state index is 0.723. The molecule has 2 aromatic carbocycles. The monoisotopic (exact) mass is 219 g/mol. The summed E-state index contributed by atoms with van der Waals surface area (Å²) in [4.78, 5) is 3.91. The van der Waals surface area contributed by atoms with Crippen molar-refractivity contribution in [1.82, 2.24) is 0 Å². The average Bonchev–Trinajstić information content (AvgIpc) is 2.17. The van der Waals surface area contributed by atoms with Gasteiger partial charge in [-0.3, -0.25) is 0 Å². The molecule has 0 spiro atoms. The molecule has 0 N–H and O–H groups in total. The molecule has 1 nitrogen and oxygen atoms in total. The van der Waals surface area contributed by atoms with E-state index in [2.05, 4.69) is 22.4 Å². The Balaban J connectivity index is 2.69. The zero-order valence-corrected chi connectivity index (χ0v) is 8.77. The molecule has 14 heavy (non-hydrogen) atoms. The van der Waals surface area contributed by atoms with Crippen LogP contribution in [0.5, 0.6) is 0 Å². The summed E-state index contributed by atoms with van der Waals surface area (Å²) in [6.45, 7) is 0. The molecule has 0 unspecified atom stereocenters. The summed E-state index contributed by atoms with van der Waals surface area (Å²) in [6, 6.07) is 11.6. The highest BCUT2D eigenvalue weighted by molar-refractivity contribution is 7.78. The van der Waals surface area contributed by atoms with Crippen molar-refractivity contribution in [3.8, 4) is 0 Å². The Morgan fingerprint density at radius 2 is 1.86 bits per heavy atom. The summed E-state index contributed by atoms with van der Waals surface area (Å²) >= 11 is 10.4. The number of hydrogen-bond donors (Lipinski definition) is 0. The van der Waals surface area contributed by atoms with Gasteiger partial charge in [0.1, 0.15) is 0 Å². The van der Waals surface area contributed by atoms with Gasteiger partial charge in [0.25, 0.3) is 0 Å². The molecule has 0 radical (unpaired) electrons. The average molecular weight is 220 g/mol. The van der Waals surface area contributed by atoms with Gasteiger partial charge in [-0.05, 0) is 47.3 Å². The van der Waals surface area contributed by atoms with Gasteiger partial charge in [0.05, 0.1) is 10.8 Å². The normalized spacial score (nSPS) is 9.79. The lowest BCUT2D eigenvalue weighted by molar-refractivity contribution is 1.58. The molecule has 0 bridgehead atoms. The Hall–Kier alpha value is -1.21. The van der Waals surface area contributed by atoms with Gasteiger partial charge in [-0.25, -0.2) is 0 Å². The van der Waals surface area contributed by atoms with Gasteiger partial charge >= 0.3 is 0 Å². The van der Waals surface area contributed by atoms with E-state index in [4.69, 9.17) is 11.6 Å². The zero-order chi connectivity index (χ0) is 9.97. The lowest BCUT2D eigenvalue weighted by atomic mass is 10.1. The first-order chi connectivity index (χ1) is 6.79. The molecule has 0 aliphatic heterocycles. The SMILES string of the molecule is S=C=Nc1ccc2ccc(Cl)cc2c1. The van der Waals surface area contributed by atoms with Crippen LogP contribution in [-0.4, -0.2) is 5.16 Å². The van der Waals surface area contributed by atoms with E-state index in [1.165, 1.54) is 0 Å². The van der Waals surface area contributed by atoms with E-state index in [-0.39, 0.29) is 0 Å². The second-order valence-electron chi connectivity index (χ2n) is 2.88. The van der Waals surface area contributed by atoms with E-state index in [0.29, 0.717) is 0 Å². The van der Waals surface area contributed by atoms with E-state index in [0.717, 1.165) is 21.5 Å². The van der Waals surface area contributed by atoms with E-state index >= 15 is 0 Å². The Kier molecular flexibility index (Phi) is 2.60. The highest BCUT2D eigenvalue weighted by atomic mass is 35.5. The Labute approximate surface area is 92.0 Å². The number of thiocarbonyl (C=S) groups is 1. The molecule has 0 saturated heterocycles. The van der Waals surface area contributed by atoms with Crippen molar-refractivity contribution in [2.75, 3.05) is 0 Å². The summed E-state index contributed by atoms with van der Waals surface area (Å²) in [5.41, 5.74) is 0.801. The molecule has 2 aromatic rings. The first-order valence-electron chi connectivity index (χ1n) is 4.07. The van der Waals surface area contributed by atoms with Crippen molar-refractivity contribution in [2.24, 2.45) is 4.99 Å². The van der Waals surface area contributed by atoms with Gasteiger partial charge < -0.3 is 0 Å². The minimum Gasteiger partial charge on any atom is -0.195 e. The van der Waals surface area contributed by atoms with Crippen LogP contribution in [0.15, 0.2) is 41.4 Å². The molecule has 0 aliphatic rings. The number of aliphatic imine (C=N–C) groups is 1. The number of isothiocyanates is 1. The van der Waals surface area contributed by atoms with Crippen LogP contribution >= 0.6 is 23.8 Å². The Morgan fingerprint density at radius 1 is 1.07 bits per heavy atom. The van der Waals surface area contributed by atoms with E-state index in [1.54, 1.807) is 0 Å². The maximum Gasteiger partial charge on any atom is 0.0745 e. The predicted octanol–water partition coefficient (Wildman–Crippen LogP) is 4.23. The highest BCUT2D eigenvalue weighted by Gasteiger charge is 1.95. The molecule has 0 fully saturated rings. The van der Waals surface area contributed by atoms with Crippen molar-refractivity contribution in [1.29, 1.82) is 0 Å². The molecule has 0 heterocycles. The number of halogens is 1. The van der Waals surface area contributed by atoms with Gasteiger partial charge in [-0.2, -0.15) is 4.99 Å². The van der Waals surface area contributed by atoms with Gasteiger partial charge in [-0.15, -0.1) is 0 Å². The lowest BCUT2D eigenvalue weighted by Crippen LogP contribution is -1.72. The van der Waals surface area contributed by atoms with Gasteiger partial charge in [-0.1, -0.05) is 23.7 Å². The molecule has 0 atom stereocenters. The van der Waals surface area contributed by atoms with Crippen LogP contribution < -0.4 is 0 Å². The molecule has 68 valence electrons. The fraction of sp³-hybridized carbons (Fsp3) is 0. The molecular weight excluding hydrogens is 214 g/mol.